The van der Waals surface area contributed by atoms with Crippen LogP contribution in [-0.2, 0) is 18.6 Å². The van der Waals surface area contributed by atoms with E-state index in [1.54, 1.807) is 0 Å². The zero-order valence-electron chi connectivity index (χ0n) is 26.1. The van der Waals surface area contributed by atoms with Crippen LogP contribution in [0.1, 0.15) is 116 Å². The molecule has 0 radical (unpaired) electrons. The summed E-state index contributed by atoms with van der Waals surface area (Å²) < 4.78 is 32.8. The zero-order valence-corrected chi connectivity index (χ0v) is 27.0. The van der Waals surface area contributed by atoms with Gasteiger partial charge in [0.05, 0.1) is 33.0 Å². The minimum Gasteiger partial charge on any atom is -0.487 e. The van der Waals surface area contributed by atoms with Gasteiger partial charge in [-0.3, -0.25) is 4.52 Å². The minimum absolute atomic E-state index is 0.0551. The molecule has 2 N–H and O–H groups in total. The molecule has 8 heteroatoms. The molecule has 0 aliphatic heterocycles. The summed E-state index contributed by atoms with van der Waals surface area (Å²) in [6.07, 6.45) is 22.5. The van der Waals surface area contributed by atoms with Crippen molar-refractivity contribution in [2.75, 3.05) is 33.0 Å². The third kappa shape index (κ3) is 18.9. The van der Waals surface area contributed by atoms with Crippen LogP contribution in [0.15, 0.2) is 42.5 Å². The van der Waals surface area contributed by atoms with Crippen LogP contribution in [0.25, 0.3) is 10.8 Å². The summed E-state index contributed by atoms with van der Waals surface area (Å²) >= 11 is 0. The number of hydrogen-bond donors (Lipinski definition) is 2. The van der Waals surface area contributed by atoms with Gasteiger partial charge in [-0.1, -0.05) is 140 Å². The summed E-state index contributed by atoms with van der Waals surface area (Å²) in [6.45, 7) is 3.39. The van der Waals surface area contributed by atoms with Crippen molar-refractivity contribution >= 4 is 18.6 Å². The molecule has 7 nitrogen and oxygen atoms in total. The molecule has 0 amide bonds. The van der Waals surface area contributed by atoms with E-state index in [0.717, 1.165) is 29.4 Å². The van der Waals surface area contributed by atoms with Crippen LogP contribution < -0.4 is 4.74 Å². The summed E-state index contributed by atoms with van der Waals surface area (Å²) in [7, 11) is -4.45. The fourth-order valence-corrected chi connectivity index (χ4v) is 5.54. The third-order valence-electron chi connectivity index (χ3n) is 7.59. The van der Waals surface area contributed by atoms with E-state index in [-0.39, 0.29) is 19.3 Å². The first-order valence-corrected chi connectivity index (χ1v) is 18.0. The maximum absolute atomic E-state index is 10.7. The lowest BCUT2D eigenvalue weighted by Gasteiger charge is -2.20. The summed E-state index contributed by atoms with van der Waals surface area (Å²) in [5, 5.41) is 2.26. The standard InChI is InChI=1S/C34H57O7P/c1-2-3-4-5-6-7-8-9-10-11-12-13-14-15-16-17-23-32(30-39-27-26-38-28-29-40-42(35,36)37)41-34-25-20-22-31-21-18-19-24-33(31)34/h18-22,24-25,32H,2-17,23,26-30H2,1H3,(H2,35,36,37). The molecule has 1 unspecified atom stereocenters. The van der Waals surface area contributed by atoms with Gasteiger partial charge in [0.15, 0.2) is 0 Å². The molecule has 2 rings (SSSR count). The monoisotopic (exact) mass is 608 g/mol. The number of benzene rings is 2. The second kappa shape index (κ2) is 23.9. The van der Waals surface area contributed by atoms with Gasteiger partial charge in [-0.2, -0.15) is 0 Å². The van der Waals surface area contributed by atoms with Crippen molar-refractivity contribution in [2.24, 2.45) is 0 Å². The van der Waals surface area contributed by atoms with Crippen LogP contribution in [0.2, 0.25) is 0 Å². The molecule has 0 saturated heterocycles. The largest absolute Gasteiger partial charge is 0.487 e. The first-order chi connectivity index (χ1) is 20.5. The molecular weight excluding hydrogens is 551 g/mol. The van der Waals surface area contributed by atoms with E-state index in [1.807, 2.05) is 24.3 Å². The topological polar surface area (TPSA) is 94.5 Å². The molecule has 0 spiro atoms. The number of ether oxygens (including phenoxy) is 3. The van der Waals surface area contributed by atoms with Gasteiger partial charge in [-0.05, 0) is 24.3 Å². The van der Waals surface area contributed by atoms with Crippen molar-refractivity contribution in [2.45, 2.75) is 122 Å². The molecule has 1 atom stereocenters. The molecule has 0 bridgehead atoms. The molecule has 0 saturated carbocycles. The quantitative estimate of drug-likeness (QED) is 0.0734. The predicted octanol–water partition coefficient (Wildman–Crippen LogP) is 9.38. The number of hydrogen-bond acceptors (Lipinski definition) is 5. The summed E-state index contributed by atoms with van der Waals surface area (Å²) in [6, 6.07) is 14.4. The van der Waals surface area contributed by atoms with E-state index < -0.39 is 7.82 Å². The summed E-state index contributed by atoms with van der Waals surface area (Å²) in [5.41, 5.74) is 0. The third-order valence-corrected chi connectivity index (χ3v) is 8.10. The van der Waals surface area contributed by atoms with Gasteiger partial charge >= 0.3 is 7.82 Å². The molecule has 0 aliphatic carbocycles. The summed E-state index contributed by atoms with van der Waals surface area (Å²) in [4.78, 5) is 17.4. The molecule has 0 fully saturated rings. The Labute approximate surface area is 254 Å². The van der Waals surface area contributed by atoms with Crippen LogP contribution >= 0.6 is 7.82 Å². The number of unbranched alkanes of at least 4 members (excludes halogenated alkanes) is 15. The summed E-state index contributed by atoms with van der Waals surface area (Å²) in [5.74, 6) is 0.879. The molecule has 0 heterocycles. The highest BCUT2D eigenvalue weighted by molar-refractivity contribution is 7.46. The normalized spacial score (nSPS) is 12.6. The van der Waals surface area contributed by atoms with Crippen molar-refractivity contribution in [1.82, 2.24) is 0 Å². The highest BCUT2D eigenvalue weighted by atomic mass is 31.2. The Hall–Kier alpha value is -1.47. The fourth-order valence-electron chi connectivity index (χ4n) is 5.22. The number of phosphoric acid groups is 1. The Morgan fingerprint density at radius 2 is 1.17 bits per heavy atom. The van der Waals surface area contributed by atoms with Crippen LogP contribution in [0.5, 0.6) is 5.75 Å². The minimum atomic E-state index is -4.45. The van der Waals surface area contributed by atoms with Crippen LogP contribution in [0, 0.1) is 0 Å². The Bertz CT molecular complexity index is 959. The lowest BCUT2D eigenvalue weighted by molar-refractivity contribution is 0.00254. The van der Waals surface area contributed by atoms with E-state index in [0.29, 0.717) is 19.8 Å². The van der Waals surface area contributed by atoms with Gasteiger partial charge in [0.1, 0.15) is 11.9 Å². The lowest BCUT2D eigenvalue weighted by Crippen LogP contribution is -2.24. The number of phosphoric ester groups is 1. The molecule has 240 valence electrons. The van der Waals surface area contributed by atoms with Crippen molar-refractivity contribution in [3.8, 4) is 5.75 Å². The van der Waals surface area contributed by atoms with Crippen LogP contribution in [0.3, 0.4) is 0 Å². The van der Waals surface area contributed by atoms with E-state index >= 15 is 0 Å². The smallest absolute Gasteiger partial charge is 0.469 e. The van der Waals surface area contributed by atoms with Gasteiger partial charge < -0.3 is 24.0 Å². The van der Waals surface area contributed by atoms with Gasteiger partial charge in [-0.25, -0.2) is 4.57 Å². The van der Waals surface area contributed by atoms with Gasteiger partial charge in [0.25, 0.3) is 0 Å². The molecule has 42 heavy (non-hydrogen) atoms. The van der Waals surface area contributed by atoms with Crippen LogP contribution in [-0.4, -0.2) is 48.9 Å². The molecule has 0 aliphatic rings. The molecule has 0 aromatic heterocycles. The lowest BCUT2D eigenvalue weighted by atomic mass is 10.0. The van der Waals surface area contributed by atoms with E-state index in [1.165, 1.54) is 96.3 Å². The first-order valence-electron chi connectivity index (χ1n) is 16.5. The van der Waals surface area contributed by atoms with Gasteiger partial charge in [0, 0.05) is 5.39 Å². The molecule has 2 aromatic rings. The zero-order chi connectivity index (χ0) is 30.1. The fraction of sp³-hybridized carbons (Fsp3) is 0.706. The highest BCUT2D eigenvalue weighted by Gasteiger charge is 2.14. The maximum atomic E-state index is 10.7. The highest BCUT2D eigenvalue weighted by Crippen LogP contribution is 2.35. The second-order valence-corrected chi connectivity index (χ2v) is 12.6. The molecular formula is C34H57O7P. The number of fused-ring (bicyclic) bond motifs is 1. The average molecular weight is 609 g/mol. The SMILES string of the molecule is CCCCCCCCCCCCCCCCCCC(COCCOCCOP(=O)(O)O)Oc1cccc2ccccc12. The Kier molecular flexibility index (Phi) is 20.9. The average Bonchev–Trinajstić information content (AvgIpc) is 2.97. The number of rotatable bonds is 28. The van der Waals surface area contributed by atoms with Crippen LogP contribution in [0.4, 0.5) is 0 Å². The van der Waals surface area contributed by atoms with E-state index in [9.17, 15) is 4.57 Å². The second-order valence-electron chi connectivity index (χ2n) is 11.3. The Morgan fingerprint density at radius 1 is 0.643 bits per heavy atom. The maximum Gasteiger partial charge on any atom is 0.469 e. The predicted molar refractivity (Wildman–Crippen MR) is 172 cm³/mol. The first kappa shape index (κ1) is 36.7. The van der Waals surface area contributed by atoms with Crippen molar-refractivity contribution in [3.63, 3.8) is 0 Å². The van der Waals surface area contributed by atoms with Gasteiger partial charge in [0.2, 0.25) is 0 Å². The Morgan fingerprint density at radius 3 is 1.79 bits per heavy atom. The van der Waals surface area contributed by atoms with Gasteiger partial charge in [-0.15, -0.1) is 0 Å². The van der Waals surface area contributed by atoms with Crippen molar-refractivity contribution in [1.29, 1.82) is 0 Å². The van der Waals surface area contributed by atoms with E-state index in [2.05, 4.69) is 29.6 Å². The van der Waals surface area contributed by atoms with Crippen molar-refractivity contribution < 1.29 is 33.1 Å². The van der Waals surface area contributed by atoms with E-state index in [4.69, 9.17) is 24.0 Å². The Balaban J connectivity index is 1.60. The molecule has 2 aromatic carbocycles. The van der Waals surface area contributed by atoms with Crippen molar-refractivity contribution in [3.05, 3.63) is 42.5 Å².